The number of nitrogens with zero attached hydrogens (tertiary/aromatic N) is 3. The summed E-state index contributed by atoms with van der Waals surface area (Å²) in [5, 5.41) is 6.76. The van der Waals surface area contributed by atoms with E-state index < -0.39 is 80.7 Å². The number of benzene rings is 1. The lowest BCUT2D eigenvalue weighted by Crippen LogP contribution is -2.52. The summed E-state index contributed by atoms with van der Waals surface area (Å²) in [5.74, 6) is -3.25. The maximum absolute atomic E-state index is 15.6. The molecule has 0 radical (unpaired) electrons. The van der Waals surface area contributed by atoms with Crippen LogP contribution in [0, 0.1) is 11.8 Å². The van der Waals surface area contributed by atoms with Crippen LogP contribution in [0.2, 0.25) is 0 Å². The second-order valence-electron chi connectivity index (χ2n) is 11.8. The smallest absolute Gasteiger partial charge is 0.459 e. The summed E-state index contributed by atoms with van der Waals surface area (Å²) < 4.78 is 65.8. The van der Waals surface area contributed by atoms with Gasteiger partial charge >= 0.3 is 25.7 Å². The summed E-state index contributed by atoms with van der Waals surface area (Å²) in [6, 6.07) is 9.92. The Balaban J connectivity index is 1.80. The predicted molar refractivity (Wildman–Crippen MR) is 169 cm³/mol. The molecule has 6 atom stereocenters. The molecule has 2 aromatic heterocycles. The van der Waals surface area contributed by atoms with Gasteiger partial charge < -0.3 is 29.2 Å². The highest BCUT2D eigenvalue weighted by molar-refractivity contribution is 7.52. The Kier molecular flexibility index (Phi) is 11.8. The number of nitrogen functional groups attached to an aromatic ring is 1. The predicted octanol–water partition coefficient (Wildman–Crippen LogP) is 3.97. The highest BCUT2D eigenvalue weighted by Crippen LogP contribution is 2.50. The first kappa shape index (κ1) is 36.7. The van der Waals surface area contributed by atoms with Crippen LogP contribution in [0.15, 0.2) is 48.8 Å². The average molecular weight is 694 g/mol. The molecule has 4 rings (SSSR count). The lowest BCUT2D eigenvalue weighted by molar-refractivity contribution is -0.178. The first-order valence-corrected chi connectivity index (χ1v) is 16.9. The molecule has 262 valence electrons. The third kappa shape index (κ3) is 8.12. The van der Waals surface area contributed by atoms with E-state index in [4.69, 9.17) is 33.7 Å². The summed E-state index contributed by atoms with van der Waals surface area (Å²) >= 11 is 0. The molecule has 0 saturated carbocycles. The molecule has 0 spiro atoms. The van der Waals surface area contributed by atoms with Crippen LogP contribution < -0.4 is 15.3 Å². The largest absolute Gasteiger partial charge is 0.465 e. The van der Waals surface area contributed by atoms with Gasteiger partial charge in [-0.2, -0.15) is 10.2 Å². The molecular formula is C31H41FN5O10P. The van der Waals surface area contributed by atoms with Crippen molar-refractivity contribution in [3.8, 4) is 5.75 Å². The number of halogens is 1. The molecule has 0 amide bonds. The van der Waals surface area contributed by atoms with E-state index in [1.165, 1.54) is 29.9 Å². The number of anilines is 1. The van der Waals surface area contributed by atoms with Gasteiger partial charge in [0.2, 0.25) is 0 Å². The van der Waals surface area contributed by atoms with Gasteiger partial charge in [0.05, 0.1) is 30.7 Å². The van der Waals surface area contributed by atoms with Gasteiger partial charge in [0.15, 0.2) is 23.6 Å². The number of para-hydroxylation sites is 1. The highest BCUT2D eigenvalue weighted by atomic mass is 31.2. The first-order valence-electron chi connectivity index (χ1n) is 15.4. The molecule has 48 heavy (non-hydrogen) atoms. The van der Waals surface area contributed by atoms with Gasteiger partial charge in [-0.05, 0) is 38.1 Å². The number of carbonyl (C=O) groups is 3. The van der Waals surface area contributed by atoms with E-state index >= 15 is 4.39 Å². The van der Waals surface area contributed by atoms with Crippen molar-refractivity contribution in [1.82, 2.24) is 19.7 Å². The second-order valence-corrected chi connectivity index (χ2v) is 13.5. The number of aromatic nitrogens is 3. The summed E-state index contributed by atoms with van der Waals surface area (Å²) in [7, 11) is -4.54. The summed E-state index contributed by atoms with van der Waals surface area (Å²) in [4.78, 5) is 42.6. The van der Waals surface area contributed by atoms with Crippen LogP contribution in [0.25, 0.3) is 5.52 Å². The molecule has 17 heteroatoms. The van der Waals surface area contributed by atoms with Crippen molar-refractivity contribution in [3.63, 3.8) is 0 Å². The zero-order chi connectivity index (χ0) is 35.2. The molecule has 3 N–H and O–H groups in total. The monoisotopic (exact) mass is 693 g/mol. The molecule has 1 fully saturated rings. The van der Waals surface area contributed by atoms with Crippen LogP contribution >= 0.6 is 7.75 Å². The summed E-state index contributed by atoms with van der Waals surface area (Å²) in [6.07, 6.45) is -3.15. The summed E-state index contributed by atoms with van der Waals surface area (Å²) in [5.41, 5.74) is 4.46. The number of ether oxygens (including phenoxy) is 4. The number of hydrogen-bond donors (Lipinski definition) is 2. The van der Waals surface area contributed by atoms with Gasteiger partial charge in [0.25, 0.3) is 0 Å². The average Bonchev–Trinajstić information content (AvgIpc) is 3.61. The molecule has 0 aliphatic carbocycles. The van der Waals surface area contributed by atoms with Crippen molar-refractivity contribution in [2.24, 2.45) is 11.8 Å². The standard InChI is InChI=1S/C31H41FN5O10P/c1-7-42-30(40)20(6)36-48(41,47-21-11-9-8-10-12-21)43-16-31(15-32)26(45-29(39)19(4)5)25(44-28(38)18(2)3)24(46-31)22-13-14-23-27(33)34-17-35-37(22)23/h8-14,17-20,24-26H,7,15-16H2,1-6H3,(H,36,41)(H2,33,34,35)/t20-,24-,25-,26-,31+,48-/m0/s1. The van der Waals surface area contributed by atoms with Crippen molar-refractivity contribution < 1.29 is 51.3 Å². The van der Waals surface area contributed by atoms with Gasteiger partial charge in [-0.1, -0.05) is 45.9 Å². The fraction of sp³-hybridized carbons (Fsp3) is 0.516. The number of nitrogens with one attached hydrogen (secondary N) is 1. The van der Waals surface area contributed by atoms with Gasteiger partial charge in [0, 0.05) is 0 Å². The molecule has 1 aliphatic heterocycles. The fourth-order valence-corrected chi connectivity index (χ4v) is 6.36. The Morgan fingerprint density at radius 2 is 1.71 bits per heavy atom. The molecular weight excluding hydrogens is 652 g/mol. The van der Waals surface area contributed by atoms with E-state index in [0.29, 0.717) is 5.52 Å². The Labute approximate surface area is 277 Å². The van der Waals surface area contributed by atoms with Crippen LogP contribution in [0.1, 0.15) is 53.3 Å². The topological polar surface area (TPSA) is 192 Å². The Bertz CT molecular complexity index is 1640. The molecule has 3 aromatic rings. The molecule has 1 saturated heterocycles. The number of carbonyl (C=O) groups excluding carboxylic acids is 3. The van der Waals surface area contributed by atoms with Crippen LogP contribution in [0.3, 0.4) is 0 Å². The lowest BCUT2D eigenvalue weighted by Gasteiger charge is -2.33. The molecule has 0 unspecified atom stereocenters. The third-order valence-electron chi connectivity index (χ3n) is 7.38. The normalized spacial score (nSPS) is 22.7. The van der Waals surface area contributed by atoms with Crippen LogP contribution in [0.4, 0.5) is 10.2 Å². The van der Waals surface area contributed by atoms with E-state index in [1.807, 2.05) is 0 Å². The third-order valence-corrected chi connectivity index (χ3v) is 9.01. The van der Waals surface area contributed by atoms with E-state index in [1.54, 1.807) is 65.0 Å². The van der Waals surface area contributed by atoms with E-state index in [0.717, 1.165) is 0 Å². The Hall–Kier alpha value is -4.11. The zero-order valence-corrected chi connectivity index (χ0v) is 28.4. The Morgan fingerprint density at radius 1 is 1.04 bits per heavy atom. The highest BCUT2D eigenvalue weighted by Gasteiger charge is 2.62. The molecule has 3 heterocycles. The second kappa shape index (κ2) is 15.4. The SMILES string of the molecule is CCOC(=O)[C@H](C)N[P@](=O)(OC[C@@]1(CF)O[C@@H](c2ccc3c(N)ncnn23)[C@H](OC(=O)C(C)C)[C@@H]1OC(=O)C(C)C)Oc1ccccc1. The number of alkyl halides is 1. The summed E-state index contributed by atoms with van der Waals surface area (Å²) in [6.45, 7) is 7.16. The fourth-order valence-electron chi connectivity index (χ4n) is 4.82. The van der Waals surface area contributed by atoms with Crippen LogP contribution in [-0.4, -0.2) is 76.2 Å². The van der Waals surface area contributed by atoms with Crippen LogP contribution in [-0.2, 0) is 42.4 Å². The molecule has 1 aromatic carbocycles. The number of rotatable bonds is 15. The quantitative estimate of drug-likeness (QED) is 0.132. The lowest BCUT2D eigenvalue weighted by atomic mass is 9.95. The maximum Gasteiger partial charge on any atom is 0.459 e. The van der Waals surface area contributed by atoms with Gasteiger partial charge in [-0.25, -0.2) is 18.5 Å². The van der Waals surface area contributed by atoms with E-state index in [2.05, 4.69) is 15.2 Å². The van der Waals surface area contributed by atoms with Crippen molar-refractivity contribution in [1.29, 1.82) is 0 Å². The minimum atomic E-state index is -4.54. The van der Waals surface area contributed by atoms with Crippen LogP contribution in [0.5, 0.6) is 5.75 Å². The van der Waals surface area contributed by atoms with Crippen molar-refractivity contribution in [2.75, 3.05) is 25.6 Å². The minimum Gasteiger partial charge on any atom is -0.465 e. The molecule has 0 bridgehead atoms. The number of hydrogen-bond acceptors (Lipinski definition) is 13. The number of fused-ring (bicyclic) bond motifs is 1. The van der Waals surface area contributed by atoms with Gasteiger partial charge in [-0.15, -0.1) is 0 Å². The Morgan fingerprint density at radius 3 is 2.33 bits per heavy atom. The van der Waals surface area contributed by atoms with Gasteiger partial charge in [0.1, 0.15) is 36.4 Å². The minimum absolute atomic E-state index is 0.0557. The van der Waals surface area contributed by atoms with E-state index in [-0.39, 0.29) is 23.9 Å². The van der Waals surface area contributed by atoms with Crippen molar-refractivity contribution >= 4 is 37.0 Å². The number of nitrogens with two attached hydrogens (primary N) is 1. The van der Waals surface area contributed by atoms with Crippen molar-refractivity contribution in [2.45, 2.75) is 71.5 Å². The number of esters is 3. The first-order chi connectivity index (χ1) is 22.7. The molecule has 1 aliphatic rings. The van der Waals surface area contributed by atoms with E-state index in [9.17, 15) is 18.9 Å². The zero-order valence-electron chi connectivity index (χ0n) is 27.5. The maximum atomic E-state index is 15.6. The molecule has 15 nitrogen and oxygen atoms in total. The van der Waals surface area contributed by atoms with Gasteiger partial charge in [-0.3, -0.25) is 18.9 Å². The van der Waals surface area contributed by atoms with Crippen molar-refractivity contribution in [3.05, 3.63) is 54.5 Å².